The van der Waals surface area contributed by atoms with E-state index in [1.165, 1.54) is 30.8 Å². The lowest BCUT2D eigenvalue weighted by atomic mass is 9.85. The lowest BCUT2D eigenvalue weighted by Gasteiger charge is -2.35. The minimum atomic E-state index is 0.303. The Balaban J connectivity index is 1.77. The number of fused-ring (bicyclic) bond motifs is 1. The number of aryl methyl sites for hydroxylation is 1. The molecule has 0 aromatic carbocycles. The molecule has 1 aromatic heterocycles. The van der Waals surface area contributed by atoms with Crippen LogP contribution in [0.1, 0.15) is 25.0 Å². The minimum absolute atomic E-state index is 0.303. The van der Waals surface area contributed by atoms with Gasteiger partial charge in [0.05, 0.1) is 0 Å². The Bertz CT molecular complexity index is 441. The summed E-state index contributed by atoms with van der Waals surface area (Å²) in [7, 11) is 0. The number of pyridine rings is 1. The van der Waals surface area contributed by atoms with Crippen molar-refractivity contribution in [1.29, 1.82) is 0 Å². The Hall–Kier alpha value is -0.930. The smallest absolute Gasteiger partial charge is 0.0313 e. The van der Waals surface area contributed by atoms with E-state index in [0.717, 1.165) is 18.4 Å². The molecule has 0 aliphatic carbocycles. The lowest BCUT2D eigenvalue weighted by Crippen LogP contribution is -2.43. The molecule has 2 unspecified atom stereocenters. The molecule has 2 saturated heterocycles. The van der Waals surface area contributed by atoms with Crippen LogP contribution in [0, 0.1) is 18.8 Å². The molecule has 3 nitrogen and oxygen atoms in total. The summed E-state index contributed by atoms with van der Waals surface area (Å²) in [4.78, 5) is 6.95. The molecule has 2 atom stereocenters. The first kappa shape index (κ1) is 12.1. The van der Waals surface area contributed by atoms with Crippen molar-refractivity contribution in [2.24, 2.45) is 11.8 Å². The molecule has 3 heterocycles. The highest BCUT2D eigenvalue weighted by Crippen LogP contribution is 2.41. The van der Waals surface area contributed by atoms with E-state index in [4.69, 9.17) is 0 Å². The van der Waals surface area contributed by atoms with Gasteiger partial charge in [-0.15, -0.1) is 0 Å². The normalized spacial score (nSPS) is 30.6. The molecule has 0 radical (unpaired) electrons. The Morgan fingerprint density at radius 3 is 2.94 bits per heavy atom. The molecule has 2 aliphatic rings. The maximum atomic E-state index is 4.31. The Kier molecular flexibility index (Phi) is 2.91. The molecule has 1 aromatic rings. The Labute approximate surface area is 110 Å². The first-order valence-corrected chi connectivity index (χ1v) is 6.93. The molecule has 0 saturated carbocycles. The first-order chi connectivity index (χ1) is 8.57. The predicted octanol–water partition coefficient (Wildman–Crippen LogP) is 1.82. The maximum Gasteiger partial charge on any atom is 0.0313 e. The highest BCUT2D eigenvalue weighted by atomic mass is 15.2. The summed E-state index contributed by atoms with van der Waals surface area (Å²) in [5.41, 5.74) is 2.90. The van der Waals surface area contributed by atoms with Crippen LogP contribution in [0.25, 0.3) is 0 Å². The van der Waals surface area contributed by atoms with Crippen LogP contribution in [-0.2, 0) is 6.54 Å². The van der Waals surface area contributed by atoms with Crippen molar-refractivity contribution in [2.75, 3.05) is 19.6 Å². The lowest BCUT2D eigenvalue weighted by molar-refractivity contribution is 0.132. The number of nitrogens with zero attached hydrogens (tertiary/aromatic N) is 2. The van der Waals surface area contributed by atoms with E-state index < -0.39 is 0 Å². The third-order valence-corrected chi connectivity index (χ3v) is 4.82. The van der Waals surface area contributed by atoms with E-state index in [2.05, 4.69) is 42.0 Å². The number of likely N-dealkylation sites (tertiary alicyclic amines) is 1. The van der Waals surface area contributed by atoms with E-state index in [0.29, 0.717) is 5.54 Å². The summed E-state index contributed by atoms with van der Waals surface area (Å²) >= 11 is 0. The van der Waals surface area contributed by atoms with Crippen LogP contribution in [-0.4, -0.2) is 35.1 Å². The molecule has 2 fully saturated rings. The Morgan fingerprint density at radius 1 is 1.39 bits per heavy atom. The molecule has 2 aliphatic heterocycles. The van der Waals surface area contributed by atoms with E-state index in [1.807, 2.05) is 12.4 Å². The Morgan fingerprint density at radius 2 is 2.22 bits per heavy atom. The second kappa shape index (κ2) is 4.32. The zero-order chi connectivity index (χ0) is 12.8. The predicted molar refractivity (Wildman–Crippen MR) is 73.3 cm³/mol. The van der Waals surface area contributed by atoms with E-state index >= 15 is 0 Å². The third kappa shape index (κ3) is 1.95. The van der Waals surface area contributed by atoms with Crippen molar-refractivity contribution in [3.63, 3.8) is 0 Å². The minimum Gasteiger partial charge on any atom is -0.316 e. The summed E-state index contributed by atoms with van der Waals surface area (Å²) in [6.07, 6.45) is 3.94. The van der Waals surface area contributed by atoms with Crippen LogP contribution in [0.3, 0.4) is 0 Å². The van der Waals surface area contributed by atoms with Crippen LogP contribution in [0.15, 0.2) is 18.5 Å². The molecular formula is C15H23N3. The van der Waals surface area contributed by atoms with E-state index in [1.54, 1.807) is 0 Å². The monoisotopic (exact) mass is 245 g/mol. The van der Waals surface area contributed by atoms with Gasteiger partial charge in [0.15, 0.2) is 0 Å². The summed E-state index contributed by atoms with van der Waals surface area (Å²) in [6, 6.07) is 2.26. The topological polar surface area (TPSA) is 28.2 Å². The number of aromatic nitrogens is 1. The summed E-state index contributed by atoms with van der Waals surface area (Å²) in [6.45, 7) is 11.5. The van der Waals surface area contributed by atoms with Gasteiger partial charge in [-0.2, -0.15) is 0 Å². The zero-order valence-corrected chi connectivity index (χ0v) is 11.6. The van der Waals surface area contributed by atoms with Crippen molar-refractivity contribution in [1.82, 2.24) is 15.2 Å². The fourth-order valence-corrected chi connectivity index (χ4v) is 3.70. The van der Waals surface area contributed by atoms with Crippen LogP contribution >= 0.6 is 0 Å². The van der Waals surface area contributed by atoms with Crippen molar-refractivity contribution < 1.29 is 0 Å². The number of rotatable bonds is 2. The van der Waals surface area contributed by atoms with Gasteiger partial charge in [-0.05, 0) is 50.3 Å². The number of nitrogens with one attached hydrogen (secondary N) is 1. The van der Waals surface area contributed by atoms with Gasteiger partial charge in [0, 0.05) is 37.6 Å². The SMILES string of the molecule is Cc1cncc(CN2CC3CNCC3C2(C)C)c1. The van der Waals surface area contributed by atoms with Gasteiger partial charge in [0.1, 0.15) is 0 Å². The first-order valence-electron chi connectivity index (χ1n) is 6.93. The van der Waals surface area contributed by atoms with Gasteiger partial charge in [0.25, 0.3) is 0 Å². The van der Waals surface area contributed by atoms with Crippen molar-refractivity contribution >= 4 is 0 Å². The molecule has 0 amide bonds. The van der Waals surface area contributed by atoms with Crippen LogP contribution < -0.4 is 5.32 Å². The second-order valence-corrected chi connectivity index (χ2v) is 6.43. The van der Waals surface area contributed by atoms with Crippen LogP contribution in [0.5, 0.6) is 0 Å². The second-order valence-electron chi connectivity index (χ2n) is 6.43. The molecule has 18 heavy (non-hydrogen) atoms. The van der Waals surface area contributed by atoms with Gasteiger partial charge >= 0.3 is 0 Å². The van der Waals surface area contributed by atoms with Crippen molar-refractivity contribution in [3.8, 4) is 0 Å². The van der Waals surface area contributed by atoms with Crippen molar-refractivity contribution in [2.45, 2.75) is 32.9 Å². The quantitative estimate of drug-likeness (QED) is 0.861. The summed E-state index contributed by atoms with van der Waals surface area (Å²) < 4.78 is 0. The zero-order valence-electron chi connectivity index (χ0n) is 11.6. The molecule has 1 N–H and O–H groups in total. The van der Waals surface area contributed by atoms with Gasteiger partial charge in [-0.1, -0.05) is 6.07 Å². The molecular weight excluding hydrogens is 222 g/mol. The highest BCUT2D eigenvalue weighted by Gasteiger charge is 2.49. The van der Waals surface area contributed by atoms with Gasteiger partial charge < -0.3 is 5.32 Å². The highest BCUT2D eigenvalue weighted by molar-refractivity contribution is 5.18. The van der Waals surface area contributed by atoms with Gasteiger partial charge in [-0.25, -0.2) is 0 Å². The van der Waals surface area contributed by atoms with Crippen LogP contribution in [0.2, 0.25) is 0 Å². The fraction of sp³-hybridized carbons (Fsp3) is 0.667. The molecule has 0 bridgehead atoms. The number of hydrogen-bond donors (Lipinski definition) is 1. The van der Waals surface area contributed by atoms with Crippen molar-refractivity contribution in [3.05, 3.63) is 29.6 Å². The summed E-state index contributed by atoms with van der Waals surface area (Å²) in [5, 5.41) is 3.53. The fourth-order valence-electron chi connectivity index (χ4n) is 3.70. The molecule has 3 heteroatoms. The summed E-state index contributed by atoms with van der Waals surface area (Å²) in [5.74, 6) is 1.63. The standard InChI is InChI=1S/C15H23N3/c1-11-4-12(6-16-5-11)9-18-10-13-7-17-8-14(13)15(18,2)3/h4-6,13-14,17H,7-10H2,1-3H3. The average molecular weight is 245 g/mol. The van der Waals surface area contributed by atoms with Gasteiger partial charge in [0.2, 0.25) is 0 Å². The molecule has 0 spiro atoms. The molecule has 3 rings (SSSR count). The number of hydrogen-bond acceptors (Lipinski definition) is 3. The van der Waals surface area contributed by atoms with E-state index in [9.17, 15) is 0 Å². The van der Waals surface area contributed by atoms with Gasteiger partial charge in [-0.3, -0.25) is 9.88 Å². The largest absolute Gasteiger partial charge is 0.316 e. The van der Waals surface area contributed by atoms with Crippen LogP contribution in [0.4, 0.5) is 0 Å². The third-order valence-electron chi connectivity index (χ3n) is 4.82. The molecule has 98 valence electrons. The average Bonchev–Trinajstić information content (AvgIpc) is 2.84. The van der Waals surface area contributed by atoms with E-state index in [-0.39, 0.29) is 0 Å². The maximum absolute atomic E-state index is 4.31.